The molecule has 0 spiro atoms. The van der Waals surface area contributed by atoms with Crippen molar-refractivity contribution in [1.29, 1.82) is 0 Å². The van der Waals surface area contributed by atoms with E-state index in [1.54, 1.807) is 87.7 Å². The van der Waals surface area contributed by atoms with Gasteiger partial charge in [0.15, 0.2) is 0 Å². The summed E-state index contributed by atoms with van der Waals surface area (Å²) < 4.78 is 34.6. The highest BCUT2D eigenvalue weighted by atomic mass is 127. The largest absolute Gasteiger partial charge is 0.497 e. The SMILES string of the molecule is CCNC(=O)[C@H](C)N(Cc1ccc(OC)cc1)C(=O)CN(c1ccc(I)cc1)S(=O)(=O)c1ccccc1. The van der Waals surface area contributed by atoms with Crippen LogP contribution in [0.2, 0.25) is 0 Å². The maximum absolute atomic E-state index is 13.8. The second-order valence-electron chi connectivity index (χ2n) is 8.24. The average molecular weight is 636 g/mol. The number of hydrogen-bond acceptors (Lipinski definition) is 5. The monoisotopic (exact) mass is 635 g/mol. The van der Waals surface area contributed by atoms with E-state index in [1.807, 2.05) is 0 Å². The number of nitrogens with zero attached hydrogens (tertiary/aromatic N) is 2. The van der Waals surface area contributed by atoms with Crippen LogP contribution in [0.25, 0.3) is 0 Å². The van der Waals surface area contributed by atoms with E-state index < -0.39 is 28.5 Å². The van der Waals surface area contributed by atoms with E-state index in [9.17, 15) is 18.0 Å². The highest BCUT2D eigenvalue weighted by molar-refractivity contribution is 14.1. The van der Waals surface area contributed by atoms with Crippen molar-refractivity contribution in [2.24, 2.45) is 0 Å². The first-order chi connectivity index (χ1) is 17.7. The van der Waals surface area contributed by atoms with Crippen molar-refractivity contribution >= 4 is 50.1 Å². The molecule has 0 saturated carbocycles. The minimum atomic E-state index is -4.07. The van der Waals surface area contributed by atoms with Crippen molar-refractivity contribution in [3.8, 4) is 5.75 Å². The molecule has 0 aliphatic rings. The Morgan fingerprint density at radius 3 is 2.16 bits per heavy atom. The predicted molar refractivity (Wildman–Crippen MR) is 152 cm³/mol. The number of hydrogen-bond donors (Lipinski definition) is 1. The molecule has 0 aliphatic carbocycles. The van der Waals surface area contributed by atoms with Crippen molar-refractivity contribution in [3.05, 3.63) is 88.0 Å². The van der Waals surface area contributed by atoms with Gasteiger partial charge in [0.25, 0.3) is 10.0 Å². The Morgan fingerprint density at radius 2 is 1.59 bits per heavy atom. The number of benzene rings is 3. The summed E-state index contributed by atoms with van der Waals surface area (Å²) in [6.45, 7) is 3.48. The average Bonchev–Trinajstić information content (AvgIpc) is 2.91. The van der Waals surface area contributed by atoms with Gasteiger partial charge < -0.3 is 15.0 Å². The minimum absolute atomic E-state index is 0.0693. The van der Waals surface area contributed by atoms with E-state index in [2.05, 4.69) is 27.9 Å². The van der Waals surface area contributed by atoms with Gasteiger partial charge >= 0.3 is 0 Å². The van der Waals surface area contributed by atoms with E-state index in [1.165, 1.54) is 17.0 Å². The first-order valence-corrected chi connectivity index (χ1v) is 14.2. The molecule has 0 aliphatic heterocycles. The van der Waals surface area contributed by atoms with Crippen LogP contribution < -0.4 is 14.4 Å². The molecule has 0 unspecified atom stereocenters. The predicted octanol–water partition coefficient (Wildman–Crippen LogP) is 4.05. The van der Waals surface area contributed by atoms with Crippen molar-refractivity contribution in [2.45, 2.75) is 31.3 Å². The van der Waals surface area contributed by atoms with Gasteiger partial charge in [-0.15, -0.1) is 0 Å². The third-order valence-corrected chi connectivity index (χ3v) is 8.26. The summed E-state index contributed by atoms with van der Waals surface area (Å²) >= 11 is 2.13. The summed E-state index contributed by atoms with van der Waals surface area (Å²) in [7, 11) is -2.50. The molecule has 3 aromatic rings. The fourth-order valence-electron chi connectivity index (χ4n) is 3.69. The van der Waals surface area contributed by atoms with E-state index in [0.717, 1.165) is 13.4 Å². The van der Waals surface area contributed by atoms with Crippen molar-refractivity contribution in [1.82, 2.24) is 10.2 Å². The Labute approximate surface area is 231 Å². The summed E-state index contributed by atoms with van der Waals surface area (Å²) in [4.78, 5) is 28.0. The van der Waals surface area contributed by atoms with Crippen LogP contribution in [0.1, 0.15) is 19.4 Å². The van der Waals surface area contributed by atoms with Gasteiger partial charge in [0.05, 0.1) is 17.7 Å². The number of ether oxygens (including phenoxy) is 1. The molecule has 10 heteroatoms. The van der Waals surface area contributed by atoms with E-state index >= 15 is 0 Å². The minimum Gasteiger partial charge on any atom is -0.497 e. The molecule has 0 bridgehead atoms. The van der Waals surface area contributed by atoms with Gasteiger partial charge in [-0.2, -0.15) is 0 Å². The maximum atomic E-state index is 13.8. The van der Waals surface area contributed by atoms with Crippen LogP contribution in [-0.2, 0) is 26.2 Å². The van der Waals surface area contributed by atoms with Crippen LogP contribution >= 0.6 is 22.6 Å². The highest BCUT2D eigenvalue weighted by Gasteiger charge is 2.32. The molecule has 1 atom stereocenters. The summed E-state index contributed by atoms with van der Waals surface area (Å²) in [5.41, 5.74) is 1.13. The Balaban J connectivity index is 1.99. The number of carbonyl (C=O) groups excluding carboxylic acids is 2. The fourth-order valence-corrected chi connectivity index (χ4v) is 5.48. The molecule has 0 fully saturated rings. The molecular formula is C27H30IN3O5S. The van der Waals surface area contributed by atoms with Crippen molar-refractivity contribution < 1.29 is 22.7 Å². The van der Waals surface area contributed by atoms with Crippen molar-refractivity contribution in [3.63, 3.8) is 0 Å². The van der Waals surface area contributed by atoms with Gasteiger partial charge in [-0.25, -0.2) is 8.42 Å². The third kappa shape index (κ3) is 7.22. The number of anilines is 1. The number of sulfonamides is 1. The second kappa shape index (κ2) is 12.9. The number of likely N-dealkylation sites (N-methyl/N-ethyl adjacent to an activating group) is 1. The van der Waals surface area contributed by atoms with Gasteiger partial charge in [-0.1, -0.05) is 30.3 Å². The summed E-state index contributed by atoms with van der Waals surface area (Å²) in [5, 5.41) is 2.75. The lowest BCUT2D eigenvalue weighted by Crippen LogP contribution is -2.51. The summed E-state index contributed by atoms with van der Waals surface area (Å²) in [6, 6.07) is 21.2. The summed E-state index contributed by atoms with van der Waals surface area (Å²) in [6.07, 6.45) is 0. The van der Waals surface area contributed by atoms with Crippen LogP contribution in [0.3, 0.4) is 0 Å². The van der Waals surface area contributed by atoms with Crippen molar-refractivity contribution in [2.75, 3.05) is 24.5 Å². The Hall–Kier alpha value is -3.12. The Bertz CT molecular complexity index is 1300. The Morgan fingerprint density at radius 1 is 0.973 bits per heavy atom. The first-order valence-electron chi connectivity index (χ1n) is 11.7. The van der Waals surface area contributed by atoms with Gasteiger partial charge in [0.2, 0.25) is 11.8 Å². The lowest BCUT2D eigenvalue weighted by atomic mass is 10.1. The molecule has 3 rings (SSSR count). The topological polar surface area (TPSA) is 96.0 Å². The fraction of sp³-hybridized carbons (Fsp3) is 0.259. The van der Waals surface area contributed by atoms with Crippen LogP contribution in [0.15, 0.2) is 83.8 Å². The molecule has 37 heavy (non-hydrogen) atoms. The standard InChI is InChI=1S/C27H30IN3O5S/c1-4-29-27(33)20(2)30(18-21-10-16-24(36-3)17-11-21)26(32)19-31(23-14-12-22(28)13-15-23)37(34,35)25-8-6-5-7-9-25/h5-17,20H,4,18-19H2,1-3H3,(H,29,33)/t20-/m0/s1. The van der Waals surface area contributed by atoms with Crippen LogP contribution in [0.4, 0.5) is 5.69 Å². The lowest BCUT2D eigenvalue weighted by Gasteiger charge is -2.32. The van der Waals surface area contributed by atoms with Gasteiger partial charge in [0, 0.05) is 16.7 Å². The summed E-state index contributed by atoms with van der Waals surface area (Å²) in [5.74, 6) is -0.166. The first kappa shape index (κ1) is 28.5. The molecule has 0 radical (unpaired) electrons. The van der Waals surface area contributed by atoms with E-state index in [0.29, 0.717) is 18.0 Å². The number of methoxy groups -OCH3 is 1. The molecular weight excluding hydrogens is 605 g/mol. The smallest absolute Gasteiger partial charge is 0.264 e. The molecule has 0 saturated heterocycles. The number of amides is 2. The zero-order valence-corrected chi connectivity index (χ0v) is 23.9. The number of rotatable bonds is 11. The third-order valence-electron chi connectivity index (χ3n) is 5.75. The zero-order chi connectivity index (χ0) is 27.0. The molecule has 2 amide bonds. The normalized spacial score (nSPS) is 11.9. The zero-order valence-electron chi connectivity index (χ0n) is 20.9. The van der Waals surface area contributed by atoms with Crippen LogP contribution in [-0.4, -0.2) is 51.4 Å². The number of carbonyl (C=O) groups is 2. The highest BCUT2D eigenvalue weighted by Crippen LogP contribution is 2.25. The molecule has 0 heterocycles. The molecule has 8 nitrogen and oxygen atoms in total. The quantitative estimate of drug-likeness (QED) is 0.321. The molecule has 3 aromatic carbocycles. The number of halogens is 1. The second-order valence-corrected chi connectivity index (χ2v) is 11.3. The maximum Gasteiger partial charge on any atom is 0.264 e. The molecule has 1 N–H and O–H groups in total. The van der Waals surface area contributed by atoms with Crippen LogP contribution in [0.5, 0.6) is 5.75 Å². The lowest BCUT2D eigenvalue weighted by molar-refractivity contribution is -0.139. The van der Waals surface area contributed by atoms with E-state index in [4.69, 9.17) is 4.74 Å². The van der Waals surface area contributed by atoms with Crippen LogP contribution in [0, 0.1) is 3.57 Å². The molecule has 0 aromatic heterocycles. The van der Waals surface area contributed by atoms with E-state index in [-0.39, 0.29) is 17.3 Å². The van der Waals surface area contributed by atoms with Gasteiger partial charge in [-0.05, 0) is 90.5 Å². The van der Waals surface area contributed by atoms with Gasteiger partial charge in [-0.3, -0.25) is 13.9 Å². The molecule has 196 valence electrons. The number of nitrogens with one attached hydrogen (secondary N) is 1. The van der Waals surface area contributed by atoms with Gasteiger partial charge in [0.1, 0.15) is 18.3 Å². The Kier molecular flexibility index (Phi) is 9.93.